The molecule has 7 nitrogen and oxygen atoms in total. The number of carbonyl (C=O) groups is 3. The quantitative estimate of drug-likeness (QED) is 0.518. The lowest BCUT2D eigenvalue weighted by Gasteiger charge is -2.23. The van der Waals surface area contributed by atoms with Crippen molar-refractivity contribution >= 4 is 45.0 Å². The molecule has 5 rings (SSSR count). The molecule has 2 N–H and O–H groups in total. The van der Waals surface area contributed by atoms with Gasteiger partial charge >= 0.3 is 11.9 Å². The zero-order chi connectivity index (χ0) is 23.1. The first-order valence-corrected chi connectivity index (χ1v) is 11.8. The molecule has 0 aliphatic carbocycles. The summed E-state index contributed by atoms with van der Waals surface area (Å²) >= 11 is 1.23. The summed E-state index contributed by atoms with van der Waals surface area (Å²) in [6, 6.07) is 13.7. The van der Waals surface area contributed by atoms with Crippen molar-refractivity contribution in [1.82, 2.24) is 0 Å². The molecule has 2 fully saturated rings. The van der Waals surface area contributed by atoms with Gasteiger partial charge in [-0.25, -0.2) is 4.79 Å². The van der Waals surface area contributed by atoms with Crippen LogP contribution in [0.5, 0.6) is 0 Å². The van der Waals surface area contributed by atoms with Crippen molar-refractivity contribution in [2.45, 2.75) is 32.0 Å². The Hall–Kier alpha value is -3.23. The molecule has 2 saturated heterocycles. The summed E-state index contributed by atoms with van der Waals surface area (Å²) in [6.07, 6.45) is 0.439. The number of hydrogen-bond donors (Lipinski definition) is 2. The molecule has 2 aliphatic heterocycles. The molecule has 0 unspecified atom stereocenters. The SMILES string of the molecule is CCOC(=O)c1c(-c2cccc3ccccc23)csc1NC(=O)[C@@H]1[C@@H](C(=O)O)[C@@H]2CC[C@H]1O2. The highest BCUT2D eigenvalue weighted by Crippen LogP contribution is 2.45. The highest BCUT2D eigenvalue weighted by molar-refractivity contribution is 7.15. The topological polar surface area (TPSA) is 102 Å². The third kappa shape index (κ3) is 3.69. The minimum absolute atomic E-state index is 0.193. The van der Waals surface area contributed by atoms with Gasteiger partial charge in [-0.3, -0.25) is 9.59 Å². The molecule has 0 radical (unpaired) electrons. The van der Waals surface area contributed by atoms with Gasteiger partial charge in [0.2, 0.25) is 5.91 Å². The first kappa shape index (κ1) is 21.6. The van der Waals surface area contributed by atoms with Crippen LogP contribution in [0.3, 0.4) is 0 Å². The van der Waals surface area contributed by atoms with Crippen LogP contribution in [0.1, 0.15) is 30.1 Å². The lowest BCUT2D eigenvalue weighted by molar-refractivity contribution is -0.147. The van der Waals surface area contributed by atoms with Crippen LogP contribution in [0.15, 0.2) is 47.8 Å². The van der Waals surface area contributed by atoms with E-state index in [9.17, 15) is 19.5 Å². The zero-order valence-electron chi connectivity index (χ0n) is 17.9. The second-order valence-electron chi connectivity index (χ2n) is 8.27. The predicted molar refractivity (Wildman–Crippen MR) is 124 cm³/mol. The van der Waals surface area contributed by atoms with Crippen molar-refractivity contribution in [3.63, 3.8) is 0 Å². The molecule has 33 heavy (non-hydrogen) atoms. The lowest BCUT2D eigenvalue weighted by atomic mass is 9.78. The molecule has 1 amide bonds. The van der Waals surface area contributed by atoms with E-state index in [0.717, 1.165) is 16.3 Å². The summed E-state index contributed by atoms with van der Waals surface area (Å²) in [6.45, 7) is 1.92. The molecular formula is C25H23NO6S. The number of carboxylic acid groups (broad SMARTS) is 1. The molecule has 2 aromatic carbocycles. The molecule has 3 aromatic rings. The van der Waals surface area contributed by atoms with Crippen LogP contribution in [0.2, 0.25) is 0 Å². The van der Waals surface area contributed by atoms with Gasteiger partial charge in [-0.15, -0.1) is 11.3 Å². The Morgan fingerprint density at radius 1 is 1.06 bits per heavy atom. The summed E-state index contributed by atoms with van der Waals surface area (Å²) in [7, 11) is 0. The summed E-state index contributed by atoms with van der Waals surface area (Å²) in [4.78, 5) is 38.0. The first-order chi connectivity index (χ1) is 16.0. The Morgan fingerprint density at radius 2 is 1.79 bits per heavy atom. The standard InChI is InChI=1S/C25H23NO6S/c1-2-31-25(30)19-16(15-9-5-7-13-6-3-4-8-14(13)15)12-33-23(19)26-22(27)20-17-10-11-18(32-17)21(20)24(28)29/h3-9,12,17-18,20-21H,2,10-11H2,1H3,(H,26,27)(H,28,29)/t17-,18+,20+,21+/m1/s1. The highest BCUT2D eigenvalue weighted by Gasteiger charge is 2.55. The number of fused-ring (bicyclic) bond motifs is 3. The second kappa shape index (κ2) is 8.61. The van der Waals surface area contributed by atoms with Gasteiger partial charge in [0.25, 0.3) is 0 Å². The van der Waals surface area contributed by atoms with Crippen LogP contribution in [0.25, 0.3) is 21.9 Å². The van der Waals surface area contributed by atoms with E-state index in [2.05, 4.69) is 5.32 Å². The first-order valence-electron chi connectivity index (χ1n) is 11.0. The maximum atomic E-state index is 13.2. The maximum absolute atomic E-state index is 13.2. The summed E-state index contributed by atoms with van der Waals surface area (Å²) in [5, 5.41) is 16.7. The van der Waals surface area contributed by atoms with E-state index in [0.29, 0.717) is 23.4 Å². The average molecular weight is 466 g/mol. The van der Waals surface area contributed by atoms with Crippen molar-refractivity contribution in [3.05, 3.63) is 53.4 Å². The van der Waals surface area contributed by atoms with Gasteiger partial charge in [0, 0.05) is 10.9 Å². The van der Waals surface area contributed by atoms with Gasteiger partial charge in [0.1, 0.15) is 10.6 Å². The van der Waals surface area contributed by atoms with Crippen LogP contribution >= 0.6 is 11.3 Å². The molecule has 2 bridgehead atoms. The number of nitrogens with one attached hydrogen (secondary N) is 1. The largest absolute Gasteiger partial charge is 0.481 e. The van der Waals surface area contributed by atoms with E-state index in [1.54, 1.807) is 6.92 Å². The molecular weight excluding hydrogens is 442 g/mol. The number of anilines is 1. The predicted octanol–water partition coefficient (Wildman–Crippen LogP) is 4.56. The molecule has 170 valence electrons. The Labute approximate surface area is 194 Å². The van der Waals surface area contributed by atoms with Crippen molar-refractivity contribution < 1.29 is 29.0 Å². The number of thiophene rings is 1. The van der Waals surface area contributed by atoms with E-state index < -0.39 is 41.9 Å². The van der Waals surface area contributed by atoms with Gasteiger partial charge in [-0.1, -0.05) is 42.5 Å². The number of carbonyl (C=O) groups excluding carboxylic acids is 2. The number of rotatable bonds is 6. The third-order valence-electron chi connectivity index (χ3n) is 6.45. The highest BCUT2D eigenvalue weighted by atomic mass is 32.1. The van der Waals surface area contributed by atoms with E-state index in [-0.39, 0.29) is 12.2 Å². The van der Waals surface area contributed by atoms with Gasteiger partial charge < -0.3 is 19.9 Å². The molecule has 8 heteroatoms. The minimum Gasteiger partial charge on any atom is -0.481 e. The molecule has 1 aromatic heterocycles. The average Bonchev–Trinajstić information content (AvgIpc) is 3.53. The van der Waals surface area contributed by atoms with Crippen molar-refractivity contribution in [2.24, 2.45) is 11.8 Å². The molecule has 4 atom stereocenters. The van der Waals surface area contributed by atoms with Crippen LogP contribution in [0.4, 0.5) is 5.00 Å². The van der Waals surface area contributed by atoms with Crippen molar-refractivity contribution in [3.8, 4) is 11.1 Å². The molecule has 3 heterocycles. The minimum atomic E-state index is -1.03. The Balaban J connectivity index is 1.53. The number of benzene rings is 2. The second-order valence-corrected chi connectivity index (χ2v) is 9.15. The normalized spacial score (nSPS) is 23.5. The van der Waals surface area contributed by atoms with Crippen LogP contribution in [0, 0.1) is 11.8 Å². The summed E-state index contributed by atoms with van der Waals surface area (Å²) < 4.78 is 11.0. The number of ether oxygens (including phenoxy) is 2. The van der Waals surface area contributed by atoms with Crippen LogP contribution < -0.4 is 5.32 Å². The van der Waals surface area contributed by atoms with Gasteiger partial charge in [-0.2, -0.15) is 0 Å². The Kier molecular flexibility index (Phi) is 5.64. The van der Waals surface area contributed by atoms with Gasteiger partial charge in [0.15, 0.2) is 0 Å². The lowest BCUT2D eigenvalue weighted by Crippen LogP contribution is -2.41. The number of esters is 1. The number of aliphatic carboxylic acids is 1. The number of hydrogen-bond acceptors (Lipinski definition) is 6. The van der Waals surface area contributed by atoms with Crippen LogP contribution in [-0.4, -0.2) is 41.8 Å². The van der Waals surface area contributed by atoms with Gasteiger partial charge in [-0.05, 0) is 36.1 Å². The smallest absolute Gasteiger partial charge is 0.341 e. The fourth-order valence-corrected chi connectivity index (χ4v) is 5.99. The summed E-state index contributed by atoms with van der Waals surface area (Å²) in [5.41, 5.74) is 1.81. The molecule has 0 spiro atoms. The van der Waals surface area contributed by atoms with E-state index in [4.69, 9.17) is 9.47 Å². The van der Waals surface area contributed by atoms with E-state index in [1.807, 2.05) is 47.8 Å². The third-order valence-corrected chi connectivity index (χ3v) is 7.34. The number of carboxylic acids is 1. The van der Waals surface area contributed by atoms with Crippen molar-refractivity contribution in [1.29, 1.82) is 0 Å². The van der Waals surface area contributed by atoms with E-state index >= 15 is 0 Å². The summed E-state index contributed by atoms with van der Waals surface area (Å²) in [5.74, 6) is -3.68. The van der Waals surface area contributed by atoms with Crippen LogP contribution in [-0.2, 0) is 19.1 Å². The fraction of sp³-hybridized carbons (Fsp3) is 0.320. The molecule has 2 aliphatic rings. The van der Waals surface area contributed by atoms with Gasteiger partial charge in [0.05, 0.1) is 30.7 Å². The Bertz CT molecular complexity index is 1250. The monoisotopic (exact) mass is 465 g/mol. The fourth-order valence-electron chi connectivity index (χ4n) is 5.03. The number of amides is 1. The zero-order valence-corrected chi connectivity index (χ0v) is 18.8. The maximum Gasteiger partial charge on any atom is 0.341 e. The van der Waals surface area contributed by atoms with E-state index in [1.165, 1.54) is 11.3 Å². The van der Waals surface area contributed by atoms with Crippen molar-refractivity contribution in [2.75, 3.05) is 11.9 Å². The molecule has 0 saturated carbocycles. The Morgan fingerprint density at radius 3 is 2.55 bits per heavy atom.